The first-order chi connectivity index (χ1) is 10.6. The van der Waals surface area contributed by atoms with E-state index in [1.807, 2.05) is 6.92 Å². The first-order valence-electron chi connectivity index (χ1n) is 7.73. The smallest absolute Gasteiger partial charge is 0.123 e. The average molecular weight is 294 g/mol. The van der Waals surface area contributed by atoms with E-state index in [1.54, 1.807) is 12.1 Å². The van der Waals surface area contributed by atoms with Crippen LogP contribution in [0.3, 0.4) is 0 Å². The van der Waals surface area contributed by atoms with E-state index in [0.717, 1.165) is 29.6 Å². The summed E-state index contributed by atoms with van der Waals surface area (Å²) in [5.74, 6) is -0.170. The monoisotopic (exact) mass is 294 g/mol. The maximum absolute atomic E-state index is 13.8. The lowest BCUT2D eigenvalue weighted by molar-refractivity contribution is 0.553. The van der Waals surface area contributed by atoms with Crippen LogP contribution in [0.5, 0.6) is 0 Å². The van der Waals surface area contributed by atoms with E-state index >= 15 is 0 Å². The summed E-state index contributed by atoms with van der Waals surface area (Å²) in [5, 5.41) is 4.82. The zero-order chi connectivity index (χ0) is 15.3. The quantitative estimate of drug-likeness (QED) is 0.693. The molecule has 0 aliphatic carbocycles. The molecular weight excluding hydrogens is 275 g/mol. The lowest BCUT2D eigenvalue weighted by Gasteiger charge is -2.25. The standard InChI is InChI=1S/C19H19FN2/c1-11-3-4-17-16(9-11)15-5-6-21-18(19(15)22-17)13-7-12(2)8-14(20)10-13/h3-4,7-10,18,21-22H,5-6H2,1-2H3. The maximum Gasteiger partial charge on any atom is 0.123 e. The Labute approximate surface area is 129 Å². The molecule has 0 fully saturated rings. The highest BCUT2D eigenvalue weighted by Gasteiger charge is 2.25. The number of hydrogen-bond donors (Lipinski definition) is 2. The van der Waals surface area contributed by atoms with Crippen molar-refractivity contribution in [3.05, 3.63) is 70.2 Å². The van der Waals surface area contributed by atoms with Crippen molar-refractivity contribution in [1.82, 2.24) is 10.3 Å². The Balaban J connectivity index is 1.90. The molecule has 22 heavy (non-hydrogen) atoms. The van der Waals surface area contributed by atoms with Crippen LogP contribution in [0.25, 0.3) is 10.9 Å². The van der Waals surface area contributed by atoms with Crippen LogP contribution in [0.1, 0.15) is 34.0 Å². The minimum atomic E-state index is -0.170. The molecule has 2 N–H and O–H groups in total. The normalized spacial score (nSPS) is 17.7. The van der Waals surface area contributed by atoms with Crippen molar-refractivity contribution in [3.8, 4) is 0 Å². The molecule has 2 heterocycles. The third kappa shape index (κ3) is 2.13. The summed E-state index contributed by atoms with van der Waals surface area (Å²) in [6, 6.07) is 11.8. The van der Waals surface area contributed by atoms with E-state index in [9.17, 15) is 4.39 Å². The maximum atomic E-state index is 13.8. The van der Waals surface area contributed by atoms with Crippen LogP contribution in [0, 0.1) is 19.7 Å². The van der Waals surface area contributed by atoms with Gasteiger partial charge in [-0.3, -0.25) is 0 Å². The molecule has 1 aliphatic rings. The van der Waals surface area contributed by atoms with Gasteiger partial charge >= 0.3 is 0 Å². The van der Waals surface area contributed by atoms with Gasteiger partial charge in [-0.25, -0.2) is 4.39 Å². The van der Waals surface area contributed by atoms with Gasteiger partial charge in [-0.15, -0.1) is 0 Å². The van der Waals surface area contributed by atoms with Crippen LogP contribution in [0.2, 0.25) is 0 Å². The molecule has 3 heteroatoms. The number of aromatic nitrogens is 1. The molecule has 0 saturated heterocycles. The van der Waals surface area contributed by atoms with Crippen molar-refractivity contribution in [2.24, 2.45) is 0 Å². The molecule has 2 nitrogen and oxygen atoms in total. The Kier molecular flexibility index (Phi) is 3.05. The molecule has 1 atom stereocenters. The van der Waals surface area contributed by atoms with Crippen LogP contribution in [0.4, 0.5) is 4.39 Å². The van der Waals surface area contributed by atoms with E-state index in [4.69, 9.17) is 0 Å². The topological polar surface area (TPSA) is 27.8 Å². The molecule has 2 aromatic carbocycles. The molecule has 0 saturated carbocycles. The fourth-order valence-electron chi connectivity index (χ4n) is 3.56. The number of benzene rings is 2. The van der Waals surface area contributed by atoms with Crippen LogP contribution in [0.15, 0.2) is 36.4 Å². The molecule has 0 bridgehead atoms. The Morgan fingerprint density at radius 2 is 1.91 bits per heavy atom. The van der Waals surface area contributed by atoms with Gasteiger partial charge in [0.25, 0.3) is 0 Å². The zero-order valence-corrected chi connectivity index (χ0v) is 12.8. The largest absolute Gasteiger partial charge is 0.357 e. The minimum absolute atomic E-state index is 0.0332. The van der Waals surface area contributed by atoms with Crippen molar-refractivity contribution in [3.63, 3.8) is 0 Å². The van der Waals surface area contributed by atoms with Crippen LogP contribution >= 0.6 is 0 Å². The highest BCUT2D eigenvalue weighted by atomic mass is 19.1. The lowest BCUT2D eigenvalue weighted by atomic mass is 9.93. The predicted octanol–water partition coefficient (Wildman–Crippen LogP) is 4.16. The van der Waals surface area contributed by atoms with Crippen molar-refractivity contribution in [1.29, 1.82) is 0 Å². The molecule has 112 valence electrons. The number of hydrogen-bond acceptors (Lipinski definition) is 1. The second-order valence-corrected chi connectivity index (χ2v) is 6.27. The number of halogens is 1. The van der Waals surface area contributed by atoms with E-state index in [1.165, 1.54) is 22.2 Å². The number of nitrogens with one attached hydrogen (secondary N) is 2. The number of rotatable bonds is 1. The van der Waals surface area contributed by atoms with Crippen molar-refractivity contribution >= 4 is 10.9 Å². The van der Waals surface area contributed by atoms with Gasteiger partial charge in [-0.2, -0.15) is 0 Å². The molecule has 3 aromatic rings. The molecular formula is C19H19FN2. The zero-order valence-electron chi connectivity index (χ0n) is 12.8. The Hall–Kier alpha value is -2.13. The summed E-state index contributed by atoms with van der Waals surface area (Å²) >= 11 is 0. The number of fused-ring (bicyclic) bond motifs is 3. The fourth-order valence-corrected chi connectivity index (χ4v) is 3.56. The fraction of sp³-hybridized carbons (Fsp3) is 0.263. The number of H-pyrrole nitrogens is 1. The van der Waals surface area contributed by atoms with E-state index in [-0.39, 0.29) is 11.9 Å². The molecule has 4 rings (SSSR count). The van der Waals surface area contributed by atoms with E-state index in [2.05, 4.69) is 41.5 Å². The van der Waals surface area contributed by atoms with Crippen molar-refractivity contribution in [2.75, 3.05) is 6.54 Å². The Bertz CT molecular complexity index is 843. The third-order valence-electron chi connectivity index (χ3n) is 4.50. The van der Waals surface area contributed by atoms with Gasteiger partial charge in [-0.05, 0) is 61.2 Å². The highest BCUT2D eigenvalue weighted by molar-refractivity contribution is 5.86. The molecule has 0 amide bonds. The van der Waals surface area contributed by atoms with Crippen LogP contribution in [-0.4, -0.2) is 11.5 Å². The summed E-state index contributed by atoms with van der Waals surface area (Å²) in [6.45, 7) is 4.96. The predicted molar refractivity (Wildman–Crippen MR) is 87.7 cm³/mol. The summed E-state index contributed by atoms with van der Waals surface area (Å²) in [6.07, 6.45) is 1.00. The molecule has 0 radical (unpaired) electrons. The van der Waals surface area contributed by atoms with Gasteiger partial charge in [0.2, 0.25) is 0 Å². The summed E-state index contributed by atoms with van der Waals surface area (Å²) in [4.78, 5) is 3.55. The first kappa shape index (κ1) is 13.5. The van der Waals surface area contributed by atoms with Gasteiger partial charge in [0.05, 0.1) is 6.04 Å². The molecule has 1 unspecified atom stereocenters. The second kappa shape index (κ2) is 4.96. The van der Waals surface area contributed by atoms with Crippen molar-refractivity contribution in [2.45, 2.75) is 26.3 Å². The highest BCUT2D eigenvalue weighted by Crippen LogP contribution is 2.34. The van der Waals surface area contributed by atoms with Gasteiger partial charge in [-0.1, -0.05) is 17.7 Å². The second-order valence-electron chi connectivity index (χ2n) is 6.27. The molecule has 1 aromatic heterocycles. The van der Waals surface area contributed by atoms with Gasteiger partial charge < -0.3 is 10.3 Å². The van der Waals surface area contributed by atoms with Gasteiger partial charge in [0, 0.05) is 23.1 Å². The van der Waals surface area contributed by atoms with Gasteiger partial charge in [0.15, 0.2) is 0 Å². The number of aryl methyl sites for hydroxylation is 2. The van der Waals surface area contributed by atoms with E-state index in [0.29, 0.717) is 0 Å². The summed E-state index contributed by atoms with van der Waals surface area (Å²) in [7, 11) is 0. The Morgan fingerprint density at radius 3 is 2.73 bits per heavy atom. The van der Waals surface area contributed by atoms with Crippen molar-refractivity contribution < 1.29 is 4.39 Å². The van der Waals surface area contributed by atoms with E-state index < -0.39 is 0 Å². The molecule has 1 aliphatic heterocycles. The minimum Gasteiger partial charge on any atom is -0.357 e. The molecule has 0 spiro atoms. The van der Waals surface area contributed by atoms with Gasteiger partial charge in [0.1, 0.15) is 5.82 Å². The van der Waals surface area contributed by atoms with Crippen LogP contribution in [-0.2, 0) is 6.42 Å². The summed E-state index contributed by atoms with van der Waals surface area (Å²) in [5.41, 5.74) is 6.92. The SMILES string of the molecule is Cc1cc(F)cc(C2NCCc3c2[nH]c2ccc(C)cc32)c1. The summed E-state index contributed by atoms with van der Waals surface area (Å²) < 4.78 is 13.8. The first-order valence-corrected chi connectivity index (χ1v) is 7.73. The lowest BCUT2D eigenvalue weighted by Crippen LogP contribution is -2.30. The number of aromatic amines is 1. The average Bonchev–Trinajstić information content (AvgIpc) is 2.84. The third-order valence-corrected chi connectivity index (χ3v) is 4.50. The van der Waals surface area contributed by atoms with Crippen LogP contribution < -0.4 is 5.32 Å². The Morgan fingerprint density at radius 1 is 1.05 bits per heavy atom.